The van der Waals surface area contributed by atoms with Crippen LogP contribution in [0.15, 0.2) is 6.20 Å². The number of hydrogen-bond donors (Lipinski definition) is 2. The molecule has 2 heterocycles. The van der Waals surface area contributed by atoms with Crippen LogP contribution >= 0.6 is 0 Å². The van der Waals surface area contributed by atoms with Crippen LogP contribution in [-0.4, -0.2) is 26.8 Å². The van der Waals surface area contributed by atoms with Gasteiger partial charge in [0.05, 0.1) is 6.20 Å². The Balaban J connectivity index is 2.51. The third kappa shape index (κ3) is 1.31. The summed E-state index contributed by atoms with van der Waals surface area (Å²) >= 11 is 0. The molecule has 2 aromatic rings. The van der Waals surface area contributed by atoms with E-state index in [0.717, 1.165) is 0 Å². The van der Waals surface area contributed by atoms with Crippen molar-refractivity contribution < 1.29 is 4.74 Å². The van der Waals surface area contributed by atoms with E-state index in [1.54, 1.807) is 6.20 Å². The standard InChI is InChI=1S/C8H7N5O/c1-2-3-14-7-5-4-10-13-6(5)11-8(9)12-7/h1,4H,3H2,(H3,9,10,11,12,13). The van der Waals surface area contributed by atoms with Crippen molar-refractivity contribution in [2.45, 2.75) is 0 Å². The lowest BCUT2D eigenvalue weighted by molar-refractivity contribution is 0.360. The highest BCUT2D eigenvalue weighted by Crippen LogP contribution is 2.20. The van der Waals surface area contributed by atoms with Gasteiger partial charge in [0.1, 0.15) is 5.39 Å². The van der Waals surface area contributed by atoms with Crippen LogP contribution in [0.2, 0.25) is 0 Å². The summed E-state index contributed by atoms with van der Waals surface area (Å²) in [4.78, 5) is 7.82. The zero-order valence-corrected chi connectivity index (χ0v) is 7.19. The molecule has 0 spiro atoms. The molecule has 3 N–H and O–H groups in total. The molecule has 6 nitrogen and oxygen atoms in total. The molecule has 0 bridgehead atoms. The lowest BCUT2D eigenvalue weighted by Gasteiger charge is -2.02. The van der Waals surface area contributed by atoms with E-state index < -0.39 is 0 Å². The molecule has 0 saturated heterocycles. The fourth-order valence-corrected chi connectivity index (χ4v) is 1.04. The molecule has 0 aliphatic carbocycles. The summed E-state index contributed by atoms with van der Waals surface area (Å²) in [5, 5.41) is 7.12. The molecule has 0 fully saturated rings. The number of aromatic amines is 1. The molecule has 0 aromatic carbocycles. The van der Waals surface area contributed by atoms with Gasteiger partial charge in [-0.05, 0) is 0 Å². The Hall–Kier alpha value is -2.29. The molecule has 0 unspecified atom stereocenters. The SMILES string of the molecule is C#CCOc1nc(N)nc2[nH]ncc12. The molecule has 0 aliphatic rings. The summed E-state index contributed by atoms with van der Waals surface area (Å²) in [5.41, 5.74) is 5.99. The third-order valence-corrected chi connectivity index (χ3v) is 1.58. The minimum absolute atomic E-state index is 0.119. The normalized spacial score (nSPS) is 9.93. The fourth-order valence-electron chi connectivity index (χ4n) is 1.04. The van der Waals surface area contributed by atoms with Crippen molar-refractivity contribution in [1.82, 2.24) is 20.2 Å². The predicted octanol–water partition coefficient (Wildman–Crippen LogP) is -0.0529. The zero-order chi connectivity index (χ0) is 9.97. The number of H-pyrrole nitrogens is 1. The number of ether oxygens (including phenoxy) is 1. The van der Waals surface area contributed by atoms with Gasteiger partial charge in [-0.2, -0.15) is 15.1 Å². The molecule has 14 heavy (non-hydrogen) atoms. The Labute approximate surface area is 79.5 Å². The average molecular weight is 189 g/mol. The first-order valence-electron chi connectivity index (χ1n) is 3.84. The maximum absolute atomic E-state index is 5.45. The Kier molecular flexibility index (Phi) is 1.91. The van der Waals surface area contributed by atoms with Gasteiger partial charge in [-0.3, -0.25) is 5.10 Å². The van der Waals surface area contributed by atoms with Crippen molar-refractivity contribution >= 4 is 17.0 Å². The first kappa shape index (κ1) is 8.31. The van der Waals surface area contributed by atoms with E-state index in [9.17, 15) is 0 Å². The lowest BCUT2D eigenvalue weighted by atomic mass is 10.4. The van der Waals surface area contributed by atoms with Crippen LogP contribution in [0, 0.1) is 12.3 Å². The monoisotopic (exact) mass is 189 g/mol. The van der Waals surface area contributed by atoms with Crippen molar-refractivity contribution in [2.24, 2.45) is 0 Å². The van der Waals surface area contributed by atoms with Gasteiger partial charge in [-0.1, -0.05) is 5.92 Å². The molecular formula is C8H7N5O. The molecule has 0 amide bonds. The summed E-state index contributed by atoms with van der Waals surface area (Å²) in [5.74, 6) is 2.80. The van der Waals surface area contributed by atoms with E-state index in [1.807, 2.05) is 0 Å². The van der Waals surface area contributed by atoms with Gasteiger partial charge in [-0.25, -0.2) is 0 Å². The maximum Gasteiger partial charge on any atom is 0.230 e. The summed E-state index contributed by atoms with van der Waals surface area (Å²) in [6.07, 6.45) is 6.62. The van der Waals surface area contributed by atoms with Crippen LogP contribution in [0.5, 0.6) is 5.88 Å². The van der Waals surface area contributed by atoms with Crippen LogP contribution in [0.25, 0.3) is 11.0 Å². The number of nitrogens with zero attached hydrogens (tertiary/aromatic N) is 3. The molecule has 70 valence electrons. The summed E-state index contributed by atoms with van der Waals surface area (Å²) in [6, 6.07) is 0. The van der Waals surface area contributed by atoms with E-state index in [2.05, 4.69) is 26.1 Å². The zero-order valence-electron chi connectivity index (χ0n) is 7.19. The van der Waals surface area contributed by atoms with E-state index in [0.29, 0.717) is 16.9 Å². The predicted molar refractivity (Wildman–Crippen MR) is 50.4 cm³/mol. The molecule has 6 heteroatoms. The number of anilines is 1. The number of fused-ring (bicyclic) bond motifs is 1. The lowest BCUT2D eigenvalue weighted by Crippen LogP contribution is -2.01. The Morgan fingerprint density at radius 3 is 3.21 bits per heavy atom. The average Bonchev–Trinajstić information content (AvgIpc) is 2.61. The highest BCUT2D eigenvalue weighted by Gasteiger charge is 2.08. The molecule has 2 aromatic heterocycles. The number of nitrogens with one attached hydrogen (secondary N) is 1. The van der Waals surface area contributed by atoms with Gasteiger partial charge in [0.2, 0.25) is 11.8 Å². The van der Waals surface area contributed by atoms with E-state index in [4.69, 9.17) is 16.9 Å². The van der Waals surface area contributed by atoms with Crippen molar-refractivity contribution in [3.05, 3.63) is 6.20 Å². The quantitative estimate of drug-likeness (QED) is 0.646. The van der Waals surface area contributed by atoms with Gasteiger partial charge in [0.25, 0.3) is 0 Å². The Bertz CT molecular complexity index is 498. The molecular weight excluding hydrogens is 182 g/mol. The smallest absolute Gasteiger partial charge is 0.230 e. The number of nitrogen functional groups attached to an aromatic ring is 1. The summed E-state index contributed by atoms with van der Waals surface area (Å²) in [6.45, 7) is 0.136. The van der Waals surface area contributed by atoms with Crippen molar-refractivity contribution in [3.8, 4) is 18.2 Å². The number of rotatable bonds is 2. The van der Waals surface area contributed by atoms with Crippen molar-refractivity contribution in [3.63, 3.8) is 0 Å². The second kappa shape index (κ2) is 3.22. The number of aromatic nitrogens is 4. The highest BCUT2D eigenvalue weighted by molar-refractivity contribution is 5.80. The second-order valence-corrected chi connectivity index (χ2v) is 2.51. The highest BCUT2D eigenvalue weighted by atomic mass is 16.5. The third-order valence-electron chi connectivity index (χ3n) is 1.58. The molecule has 0 atom stereocenters. The first-order valence-corrected chi connectivity index (χ1v) is 3.84. The van der Waals surface area contributed by atoms with Crippen LogP contribution in [0.4, 0.5) is 5.95 Å². The first-order chi connectivity index (χ1) is 6.81. The minimum atomic E-state index is 0.119. The van der Waals surface area contributed by atoms with Gasteiger partial charge < -0.3 is 10.5 Å². The summed E-state index contributed by atoms with van der Waals surface area (Å²) < 4.78 is 5.18. The van der Waals surface area contributed by atoms with Gasteiger partial charge in [0, 0.05) is 0 Å². The van der Waals surface area contributed by atoms with E-state index in [1.165, 1.54) is 0 Å². The Morgan fingerprint density at radius 1 is 1.57 bits per heavy atom. The van der Waals surface area contributed by atoms with Crippen molar-refractivity contribution in [1.29, 1.82) is 0 Å². The minimum Gasteiger partial charge on any atom is -0.464 e. The van der Waals surface area contributed by atoms with Gasteiger partial charge in [-0.15, -0.1) is 6.42 Å². The maximum atomic E-state index is 5.45. The van der Waals surface area contributed by atoms with E-state index in [-0.39, 0.29) is 12.6 Å². The van der Waals surface area contributed by atoms with Crippen molar-refractivity contribution in [2.75, 3.05) is 12.3 Å². The Morgan fingerprint density at radius 2 is 2.43 bits per heavy atom. The largest absolute Gasteiger partial charge is 0.464 e. The fraction of sp³-hybridized carbons (Fsp3) is 0.125. The number of hydrogen-bond acceptors (Lipinski definition) is 5. The van der Waals surface area contributed by atoms with Crippen LogP contribution in [0.1, 0.15) is 0 Å². The second-order valence-electron chi connectivity index (χ2n) is 2.51. The van der Waals surface area contributed by atoms with E-state index >= 15 is 0 Å². The molecule has 0 aliphatic heterocycles. The van der Waals surface area contributed by atoms with Crippen LogP contribution in [-0.2, 0) is 0 Å². The van der Waals surface area contributed by atoms with Crippen LogP contribution < -0.4 is 10.5 Å². The van der Waals surface area contributed by atoms with Crippen LogP contribution in [0.3, 0.4) is 0 Å². The number of nitrogens with two attached hydrogens (primary N) is 1. The molecule has 0 saturated carbocycles. The summed E-state index contributed by atoms with van der Waals surface area (Å²) in [7, 11) is 0. The number of terminal acetylenes is 1. The van der Waals surface area contributed by atoms with Gasteiger partial charge >= 0.3 is 0 Å². The molecule has 0 radical (unpaired) electrons. The van der Waals surface area contributed by atoms with Gasteiger partial charge in [0.15, 0.2) is 12.3 Å². The molecule has 2 rings (SSSR count). The topological polar surface area (TPSA) is 89.7 Å².